The Labute approximate surface area is 154 Å². The number of anilines is 1. The van der Waals surface area contributed by atoms with Crippen LogP contribution in [-0.2, 0) is 17.8 Å². The fourth-order valence-corrected chi connectivity index (χ4v) is 2.95. The highest BCUT2D eigenvalue weighted by Gasteiger charge is 2.10. The second-order valence-electron chi connectivity index (χ2n) is 6.24. The SMILES string of the molecule is COc1ccccc1NC(N)=NCc1cccc(CN2CCOCC2)c1. The lowest BCUT2D eigenvalue weighted by atomic mass is 10.1. The van der Waals surface area contributed by atoms with Gasteiger partial charge in [-0.3, -0.25) is 4.90 Å². The maximum absolute atomic E-state index is 6.03. The first kappa shape index (κ1) is 18.2. The molecule has 0 atom stereocenters. The molecule has 6 heteroatoms. The van der Waals surface area contributed by atoms with Gasteiger partial charge in [0.1, 0.15) is 5.75 Å². The monoisotopic (exact) mass is 354 g/mol. The lowest BCUT2D eigenvalue weighted by molar-refractivity contribution is 0.0342. The van der Waals surface area contributed by atoms with Crippen molar-refractivity contribution < 1.29 is 9.47 Å². The first-order chi connectivity index (χ1) is 12.7. The number of morpholine rings is 1. The minimum Gasteiger partial charge on any atom is -0.495 e. The van der Waals surface area contributed by atoms with Crippen LogP contribution in [0, 0.1) is 0 Å². The van der Waals surface area contributed by atoms with E-state index in [0.717, 1.165) is 49.8 Å². The summed E-state index contributed by atoms with van der Waals surface area (Å²) < 4.78 is 10.7. The van der Waals surface area contributed by atoms with Gasteiger partial charge in [-0.25, -0.2) is 4.99 Å². The number of aliphatic imine (C=N–C) groups is 1. The van der Waals surface area contributed by atoms with Gasteiger partial charge in [0.15, 0.2) is 5.96 Å². The largest absolute Gasteiger partial charge is 0.495 e. The summed E-state index contributed by atoms with van der Waals surface area (Å²) in [6.07, 6.45) is 0. The van der Waals surface area contributed by atoms with Crippen LogP contribution < -0.4 is 15.8 Å². The number of nitrogens with one attached hydrogen (secondary N) is 1. The molecule has 6 nitrogen and oxygen atoms in total. The van der Waals surface area contributed by atoms with E-state index in [1.54, 1.807) is 7.11 Å². The molecule has 0 aliphatic carbocycles. The molecule has 1 saturated heterocycles. The maximum Gasteiger partial charge on any atom is 0.193 e. The summed E-state index contributed by atoms with van der Waals surface area (Å²) in [5.74, 6) is 1.10. The number of methoxy groups -OCH3 is 1. The van der Waals surface area contributed by atoms with Crippen molar-refractivity contribution >= 4 is 11.6 Å². The van der Waals surface area contributed by atoms with Crippen LogP contribution in [0.1, 0.15) is 11.1 Å². The third-order valence-corrected chi connectivity index (χ3v) is 4.30. The van der Waals surface area contributed by atoms with Crippen LogP contribution >= 0.6 is 0 Å². The standard InChI is InChI=1S/C20H26N4O2/c1-25-19-8-3-2-7-18(19)23-20(21)22-14-16-5-4-6-17(13-16)15-24-9-11-26-12-10-24/h2-8,13H,9-12,14-15H2,1H3,(H3,21,22,23). The molecule has 0 radical (unpaired) electrons. The number of rotatable bonds is 6. The van der Waals surface area contributed by atoms with Crippen molar-refractivity contribution in [2.75, 3.05) is 38.7 Å². The number of nitrogens with two attached hydrogens (primary N) is 1. The third-order valence-electron chi connectivity index (χ3n) is 4.30. The van der Waals surface area contributed by atoms with Crippen molar-refractivity contribution in [1.82, 2.24) is 4.90 Å². The van der Waals surface area contributed by atoms with Gasteiger partial charge in [-0.2, -0.15) is 0 Å². The zero-order valence-electron chi connectivity index (χ0n) is 15.1. The smallest absolute Gasteiger partial charge is 0.193 e. The fraction of sp³-hybridized carbons (Fsp3) is 0.350. The van der Waals surface area contributed by atoms with Gasteiger partial charge < -0.3 is 20.5 Å². The highest BCUT2D eigenvalue weighted by Crippen LogP contribution is 2.22. The number of ether oxygens (including phenoxy) is 2. The van der Waals surface area contributed by atoms with Gasteiger partial charge in [-0.1, -0.05) is 36.4 Å². The number of hydrogen-bond acceptors (Lipinski definition) is 4. The molecule has 1 heterocycles. The Balaban J connectivity index is 1.59. The van der Waals surface area contributed by atoms with Crippen LogP contribution in [0.25, 0.3) is 0 Å². The highest BCUT2D eigenvalue weighted by atomic mass is 16.5. The summed E-state index contributed by atoms with van der Waals surface area (Å²) in [5.41, 5.74) is 9.26. The Morgan fingerprint density at radius 1 is 1.15 bits per heavy atom. The molecular weight excluding hydrogens is 328 g/mol. The Bertz CT molecular complexity index is 742. The minimum absolute atomic E-state index is 0.369. The molecule has 138 valence electrons. The van der Waals surface area contributed by atoms with E-state index in [9.17, 15) is 0 Å². The third kappa shape index (κ3) is 5.21. The number of benzene rings is 2. The van der Waals surface area contributed by atoms with Crippen LogP contribution in [-0.4, -0.2) is 44.3 Å². The lowest BCUT2D eigenvalue weighted by Crippen LogP contribution is -2.35. The number of para-hydroxylation sites is 2. The molecule has 2 aromatic carbocycles. The molecule has 1 aliphatic heterocycles. The molecule has 0 spiro atoms. The van der Waals surface area contributed by atoms with Crippen LogP contribution in [0.3, 0.4) is 0 Å². The number of hydrogen-bond donors (Lipinski definition) is 2. The average Bonchev–Trinajstić information content (AvgIpc) is 2.68. The quantitative estimate of drug-likeness (QED) is 0.616. The first-order valence-electron chi connectivity index (χ1n) is 8.82. The van der Waals surface area contributed by atoms with Gasteiger partial charge in [0.05, 0.1) is 32.6 Å². The van der Waals surface area contributed by atoms with E-state index < -0.39 is 0 Å². The molecule has 0 saturated carbocycles. The molecular formula is C20H26N4O2. The van der Waals surface area contributed by atoms with E-state index in [1.165, 1.54) is 5.56 Å². The second kappa shape index (κ2) is 9.22. The average molecular weight is 354 g/mol. The minimum atomic E-state index is 0.369. The Morgan fingerprint density at radius 3 is 2.73 bits per heavy atom. The van der Waals surface area contributed by atoms with E-state index >= 15 is 0 Å². The van der Waals surface area contributed by atoms with E-state index in [4.69, 9.17) is 15.2 Å². The zero-order chi connectivity index (χ0) is 18.2. The Kier molecular flexibility index (Phi) is 6.46. The van der Waals surface area contributed by atoms with Gasteiger partial charge in [-0.15, -0.1) is 0 Å². The van der Waals surface area contributed by atoms with Crippen LogP contribution in [0.15, 0.2) is 53.5 Å². The summed E-state index contributed by atoms with van der Waals surface area (Å²) in [6.45, 7) is 5.07. The van der Waals surface area contributed by atoms with Crippen LogP contribution in [0.4, 0.5) is 5.69 Å². The molecule has 0 unspecified atom stereocenters. The van der Waals surface area contributed by atoms with Gasteiger partial charge in [0.25, 0.3) is 0 Å². The maximum atomic E-state index is 6.03. The number of guanidine groups is 1. The van der Waals surface area contributed by atoms with E-state index in [-0.39, 0.29) is 0 Å². The second-order valence-corrected chi connectivity index (χ2v) is 6.24. The molecule has 2 aromatic rings. The van der Waals surface area contributed by atoms with Gasteiger partial charge in [0, 0.05) is 19.6 Å². The Morgan fingerprint density at radius 2 is 1.92 bits per heavy atom. The van der Waals surface area contributed by atoms with Gasteiger partial charge in [-0.05, 0) is 23.3 Å². The topological polar surface area (TPSA) is 72.1 Å². The molecule has 0 aromatic heterocycles. The van der Waals surface area contributed by atoms with Crippen LogP contribution in [0.2, 0.25) is 0 Å². The van der Waals surface area contributed by atoms with E-state index in [2.05, 4.69) is 39.5 Å². The predicted octanol–water partition coefficient (Wildman–Crippen LogP) is 2.45. The van der Waals surface area contributed by atoms with Crippen molar-refractivity contribution in [3.8, 4) is 5.75 Å². The summed E-state index contributed by atoms with van der Waals surface area (Å²) in [4.78, 5) is 6.85. The predicted molar refractivity (Wildman–Crippen MR) is 104 cm³/mol. The molecule has 26 heavy (non-hydrogen) atoms. The van der Waals surface area contributed by atoms with E-state index in [1.807, 2.05) is 24.3 Å². The first-order valence-corrected chi connectivity index (χ1v) is 8.82. The molecule has 3 rings (SSSR count). The van der Waals surface area contributed by atoms with Crippen molar-refractivity contribution in [3.63, 3.8) is 0 Å². The van der Waals surface area contributed by atoms with E-state index in [0.29, 0.717) is 12.5 Å². The van der Waals surface area contributed by atoms with Gasteiger partial charge >= 0.3 is 0 Å². The summed E-state index contributed by atoms with van der Waals surface area (Å²) in [7, 11) is 1.63. The molecule has 0 amide bonds. The molecule has 0 bridgehead atoms. The molecule has 1 fully saturated rings. The summed E-state index contributed by atoms with van der Waals surface area (Å²) >= 11 is 0. The van der Waals surface area contributed by atoms with Crippen LogP contribution in [0.5, 0.6) is 5.75 Å². The Hall–Kier alpha value is -2.57. The lowest BCUT2D eigenvalue weighted by Gasteiger charge is -2.26. The van der Waals surface area contributed by atoms with Crippen molar-refractivity contribution in [2.24, 2.45) is 10.7 Å². The highest BCUT2D eigenvalue weighted by molar-refractivity contribution is 5.93. The van der Waals surface area contributed by atoms with Crippen molar-refractivity contribution in [1.29, 1.82) is 0 Å². The van der Waals surface area contributed by atoms with Gasteiger partial charge in [0.2, 0.25) is 0 Å². The molecule has 3 N–H and O–H groups in total. The summed E-state index contributed by atoms with van der Waals surface area (Å²) in [5, 5.41) is 3.09. The normalized spacial score (nSPS) is 15.7. The fourth-order valence-electron chi connectivity index (χ4n) is 2.95. The number of nitrogens with zero attached hydrogens (tertiary/aromatic N) is 2. The van der Waals surface area contributed by atoms with Crippen molar-refractivity contribution in [3.05, 3.63) is 59.7 Å². The van der Waals surface area contributed by atoms with Crippen molar-refractivity contribution in [2.45, 2.75) is 13.1 Å². The zero-order valence-corrected chi connectivity index (χ0v) is 15.1. The molecule has 1 aliphatic rings. The summed E-state index contributed by atoms with van der Waals surface area (Å²) in [6, 6.07) is 16.1.